The number of para-hydroxylation sites is 1. The Morgan fingerprint density at radius 3 is 2.62 bits per heavy atom. The van der Waals surface area contributed by atoms with Crippen molar-refractivity contribution in [2.45, 2.75) is 26.0 Å². The number of benzene rings is 2. The summed E-state index contributed by atoms with van der Waals surface area (Å²) in [6.07, 6.45) is 2.18. The zero-order valence-corrected chi connectivity index (χ0v) is 21.1. The van der Waals surface area contributed by atoms with Crippen LogP contribution in [0.1, 0.15) is 24.0 Å². The Kier molecular flexibility index (Phi) is 7.29. The SMILES string of the molecule is Cc1c(NC(=O)OCCN2C(=O)CCC2O)cn2ncc(C#N)c(Nc3ccc(Oc4ccccc4)cc3)c12. The van der Waals surface area contributed by atoms with Crippen LogP contribution in [0.5, 0.6) is 11.5 Å². The summed E-state index contributed by atoms with van der Waals surface area (Å²) in [5, 5.41) is 29.9. The van der Waals surface area contributed by atoms with Gasteiger partial charge in [-0.15, -0.1) is 0 Å². The van der Waals surface area contributed by atoms with Crippen LogP contribution in [0.2, 0.25) is 0 Å². The number of nitrogens with zero attached hydrogens (tertiary/aromatic N) is 4. The Hall–Kier alpha value is -5.08. The molecule has 3 N–H and O–H groups in total. The maximum Gasteiger partial charge on any atom is 0.411 e. The minimum absolute atomic E-state index is 0.0608. The van der Waals surface area contributed by atoms with Crippen LogP contribution < -0.4 is 15.4 Å². The zero-order valence-electron chi connectivity index (χ0n) is 21.1. The smallest absolute Gasteiger partial charge is 0.411 e. The first-order valence-corrected chi connectivity index (χ1v) is 12.4. The highest BCUT2D eigenvalue weighted by Gasteiger charge is 2.29. The van der Waals surface area contributed by atoms with E-state index in [2.05, 4.69) is 21.8 Å². The van der Waals surface area contributed by atoms with Crippen molar-refractivity contribution in [1.82, 2.24) is 14.5 Å². The molecule has 2 amide bonds. The van der Waals surface area contributed by atoms with Crippen molar-refractivity contribution < 1.29 is 24.2 Å². The molecule has 4 aromatic rings. The molecular weight excluding hydrogens is 500 g/mol. The van der Waals surface area contributed by atoms with E-state index < -0.39 is 12.3 Å². The molecule has 198 valence electrons. The molecule has 0 saturated carbocycles. The third kappa shape index (κ3) is 5.61. The number of nitrogens with one attached hydrogen (secondary N) is 2. The molecule has 5 rings (SSSR count). The van der Waals surface area contributed by atoms with E-state index >= 15 is 0 Å². The number of aliphatic hydroxyl groups is 1. The van der Waals surface area contributed by atoms with Gasteiger partial charge in [0, 0.05) is 24.1 Å². The molecule has 2 aromatic heterocycles. The molecule has 11 nitrogen and oxygen atoms in total. The van der Waals surface area contributed by atoms with E-state index in [1.807, 2.05) is 54.6 Å². The van der Waals surface area contributed by atoms with Crippen molar-refractivity contribution in [3.63, 3.8) is 0 Å². The lowest BCUT2D eigenvalue weighted by atomic mass is 10.1. The molecule has 39 heavy (non-hydrogen) atoms. The lowest BCUT2D eigenvalue weighted by Gasteiger charge is -2.19. The minimum atomic E-state index is -0.845. The van der Waals surface area contributed by atoms with Crippen LogP contribution in [-0.4, -0.2) is 51.0 Å². The fourth-order valence-electron chi connectivity index (χ4n) is 4.38. The number of carbonyl (C=O) groups excluding carboxylic acids is 2. The lowest BCUT2D eigenvalue weighted by molar-refractivity contribution is -0.133. The number of aliphatic hydroxyl groups excluding tert-OH is 1. The number of aryl methyl sites for hydroxylation is 1. The fourth-order valence-corrected chi connectivity index (χ4v) is 4.38. The summed E-state index contributed by atoms with van der Waals surface area (Å²) in [6.45, 7) is 1.85. The maximum atomic E-state index is 12.4. The number of hydrogen-bond donors (Lipinski definition) is 3. The summed E-state index contributed by atoms with van der Waals surface area (Å²) in [5.41, 5.74) is 3.33. The van der Waals surface area contributed by atoms with Crippen molar-refractivity contribution in [1.29, 1.82) is 5.26 Å². The number of carbonyl (C=O) groups is 2. The third-order valence-electron chi connectivity index (χ3n) is 6.38. The summed E-state index contributed by atoms with van der Waals surface area (Å²) in [5.74, 6) is 1.23. The van der Waals surface area contributed by atoms with Gasteiger partial charge in [0.1, 0.15) is 30.4 Å². The Morgan fingerprint density at radius 2 is 1.92 bits per heavy atom. The highest BCUT2D eigenvalue weighted by molar-refractivity contribution is 5.92. The number of hydrogen-bond acceptors (Lipinski definition) is 8. The van der Waals surface area contributed by atoms with Crippen LogP contribution in [0, 0.1) is 18.3 Å². The van der Waals surface area contributed by atoms with Crippen LogP contribution in [0.4, 0.5) is 21.9 Å². The van der Waals surface area contributed by atoms with Crippen LogP contribution in [0.3, 0.4) is 0 Å². The van der Waals surface area contributed by atoms with Gasteiger partial charge in [0.2, 0.25) is 5.91 Å². The van der Waals surface area contributed by atoms with E-state index in [9.17, 15) is 20.0 Å². The molecule has 1 unspecified atom stereocenters. The number of amides is 2. The van der Waals surface area contributed by atoms with Gasteiger partial charge in [-0.05, 0) is 43.3 Å². The minimum Gasteiger partial charge on any atom is -0.457 e. The van der Waals surface area contributed by atoms with Gasteiger partial charge in [0.25, 0.3) is 0 Å². The van der Waals surface area contributed by atoms with E-state index in [0.717, 1.165) is 11.4 Å². The highest BCUT2D eigenvalue weighted by Crippen LogP contribution is 2.33. The zero-order chi connectivity index (χ0) is 27.4. The third-order valence-corrected chi connectivity index (χ3v) is 6.38. The average molecular weight is 527 g/mol. The van der Waals surface area contributed by atoms with Crippen molar-refractivity contribution >= 4 is 34.6 Å². The number of aromatic nitrogens is 2. The number of anilines is 3. The standard InChI is InChI=1S/C28H26N6O5/c1-18-23(32-28(37)38-14-13-33-24(35)11-12-25(33)36)17-34-27(18)26(19(15-29)16-30-34)31-20-7-9-22(10-8-20)39-21-5-3-2-4-6-21/h2-10,16-17,24,31,35H,11-14H2,1H3,(H,32,37). The number of likely N-dealkylation sites (tertiary alicyclic amines) is 1. The molecule has 0 radical (unpaired) electrons. The molecule has 1 aliphatic heterocycles. The lowest BCUT2D eigenvalue weighted by Crippen LogP contribution is -2.36. The molecule has 11 heteroatoms. The number of rotatable bonds is 8. The second-order valence-electron chi connectivity index (χ2n) is 8.94. The largest absolute Gasteiger partial charge is 0.457 e. The van der Waals surface area contributed by atoms with Crippen LogP contribution in [0.15, 0.2) is 67.0 Å². The molecule has 1 aliphatic rings. The van der Waals surface area contributed by atoms with Crippen molar-refractivity contribution in [3.8, 4) is 17.6 Å². The Labute approximate surface area is 224 Å². The van der Waals surface area contributed by atoms with E-state index in [0.29, 0.717) is 40.2 Å². The molecular formula is C28H26N6O5. The topological polar surface area (TPSA) is 141 Å². The first-order valence-electron chi connectivity index (χ1n) is 12.4. The van der Waals surface area contributed by atoms with E-state index in [1.165, 1.54) is 11.1 Å². The van der Waals surface area contributed by atoms with Crippen molar-refractivity contribution in [3.05, 3.63) is 78.1 Å². The molecule has 1 atom stereocenters. The van der Waals surface area contributed by atoms with Gasteiger partial charge in [0.05, 0.1) is 41.4 Å². The van der Waals surface area contributed by atoms with Gasteiger partial charge in [0.15, 0.2) is 0 Å². The van der Waals surface area contributed by atoms with Gasteiger partial charge in [-0.2, -0.15) is 10.4 Å². The van der Waals surface area contributed by atoms with E-state index in [4.69, 9.17) is 9.47 Å². The second-order valence-corrected chi connectivity index (χ2v) is 8.94. The van der Waals surface area contributed by atoms with Gasteiger partial charge >= 0.3 is 6.09 Å². The van der Waals surface area contributed by atoms with Crippen LogP contribution in [-0.2, 0) is 9.53 Å². The summed E-state index contributed by atoms with van der Waals surface area (Å²) in [4.78, 5) is 25.5. The van der Waals surface area contributed by atoms with Crippen molar-refractivity contribution in [2.75, 3.05) is 23.8 Å². The van der Waals surface area contributed by atoms with Gasteiger partial charge in [-0.3, -0.25) is 10.1 Å². The Morgan fingerprint density at radius 1 is 1.18 bits per heavy atom. The average Bonchev–Trinajstić information content (AvgIpc) is 3.43. The quantitative estimate of drug-likeness (QED) is 0.304. The number of ether oxygens (including phenoxy) is 2. The van der Waals surface area contributed by atoms with Crippen LogP contribution in [0.25, 0.3) is 5.52 Å². The summed E-state index contributed by atoms with van der Waals surface area (Å²) >= 11 is 0. The molecule has 2 aromatic carbocycles. The summed E-state index contributed by atoms with van der Waals surface area (Å²) in [7, 11) is 0. The Balaban J connectivity index is 1.30. The van der Waals surface area contributed by atoms with Crippen molar-refractivity contribution in [2.24, 2.45) is 0 Å². The van der Waals surface area contributed by atoms with E-state index in [-0.39, 0.29) is 25.5 Å². The first kappa shape index (κ1) is 25.6. The Bertz CT molecular complexity index is 1540. The molecule has 0 bridgehead atoms. The number of fused-ring (bicyclic) bond motifs is 1. The maximum absolute atomic E-state index is 12.4. The normalized spacial score (nSPS) is 14.7. The van der Waals surface area contributed by atoms with Gasteiger partial charge in [-0.25, -0.2) is 9.31 Å². The molecule has 0 aliphatic carbocycles. The monoisotopic (exact) mass is 526 g/mol. The highest BCUT2D eigenvalue weighted by atomic mass is 16.5. The molecule has 1 fully saturated rings. The van der Waals surface area contributed by atoms with Gasteiger partial charge in [-0.1, -0.05) is 18.2 Å². The van der Waals surface area contributed by atoms with Gasteiger partial charge < -0.3 is 24.8 Å². The fraction of sp³-hybridized carbons (Fsp3) is 0.214. The summed E-state index contributed by atoms with van der Waals surface area (Å²) < 4.78 is 12.6. The second kappa shape index (κ2) is 11.1. The molecule has 1 saturated heterocycles. The predicted molar refractivity (Wildman–Crippen MR) is 143 cm³/mol. The number of nitriles is 1. The molecule has 3 heterocycles. The first-order chi connectivity index (χ1) is 18.9. The van der Waals surface area contributed by atoms with Crippen LogP contribution >= 0.6 is 0 Å². The molecule has 0 spiro atoms. The van der Waals surface area contributed by atoms with E-state index in [1.54, 1.807) is 17.6 Å². The summed E-state index contributed by atoms with van der Waals surface area (Å²) in [6, 6.07) is 18.9. The predicted octanol–water partition coefficient (Wildman–Crippen LogP) is 4.54.